The first-order chi connectivity index (χ1) is 41.3. The van der Waals surface area contributed by atoms with Gasteiger partial charge in [-0.25, -0.2) is 0 Å². The van der Waals surface area contributed by atoms with Crippen LogP contribution in [0.4, 0.5) is 0 Å². The summed E-state index contributed by atoms with van der Waals surface area (Å²) in [6, 6.07) is 17.8. The number of primary amides is 1. The lowest BCUT2D eigenvalue weighted by molar-refractivity contribution is -0.143. The summed E-state index contributed by atoms with van der Waals surface area (Å²) in [5, 5.41) is 41.9. The number of phenols is 2. The molecular weight excluding hydrogens is 1110 g/mol. The normalized spacial score (nSPS) is 22.3. The molecule has 2 aliphatic rings. The molecule has 1 aromatic heterocycles. The van der Waals surface area contributed by atoms with Gasteiger partial charge in [0.15, 0.2) is 0 Å². The predicted molar refractivity (Wildman–Crippen MR) is 314 cm³/mol. The molecule has 2 fully saturated rings. The van der Waals surface area contributed by atoms with Crippen molar-refractivity contribution in [2.24, 2.45) is 5.73 Å². The van der Waals surface area contributed by atoms with E-state index in [2.05, 4.69) is 47.5 Å². The highest BCUT2D eigenvalue weighted by molar-refractivity contribution is 6.00. The molecule has 456 valence electrons. The Morgan fingerprint density at radius 1 is 0.558 bits per heavy atom. The van der Waals surface area contributed by atoms with Crippen molar-refractivity contribution in [2.45, 2.75) is 120 Å². The summed E-state index contributed by atoms with van der Waals surface area (Å²) < 4.78 is 0. The number of carbonyl (C=O) groups excluding carboxylic acids is 11. The number of fused-ring (bicyclic) bond motifs is 2. The van der Waals surface area contributed by atoms with Gasteiger partial charge in [-0.05, 0) is 71.8 Å². The lowest BCUT2D eigenvalue weighted by Gasteiger charge is -2.30. The minimum atomic E-state index is -1.65. The van der Waals surface area contributed by atoms with E-state index in [1.54, 1.807) is 54.7 Å². The van der Waals surface area contributed by atoms with Crippen molar-refractivity contribution >= 4 is 75.9 Å². The number of benzene rings is 4. The molecule has 0 saturated carbocycles. The van der Waals surface area contributed by atoms with Gasteiger partial charge in [0, 0.05) is 56.4 Å². The van der Waals surface area contributed by atoms with E-state index in [9.17, 15) is 63.0 Å². The highest BCUT2D eigenvalue weighted by Crippen LogP contribution is 2.22. The highest BCUT2D eigenvalue weighted by atomic mass is 16.3. The molecule has 86 heavy (non-hydrogen) atoms. The van der Waals surface area contributed by atoms with E-state index in [0.29, 0.717) is 41.5 Å². The third-order valence-electron chi connectivity index (χ3n) is 15.1. The van der Waals surface area contributed by atoms with E-state index in [0.717, 1.165) is 27.1 Å². The zero-order valence-electron chi connectivity index (χ0n) is 47.9. The van der Waals surface area contributed by atoms with Crippen LogP contribution < -0.4 is 48.3 Å². The number of aromatic hydroxyl groups is 2. The molecule has 0 bridgehead atoms. The number of nitrogens with zero attached hydrogens (tertiary/aromatic N) is 2. The summed E-state index contributed by atoms with van der Waals surface area (Å²) in [6.45, 7) is -0.109. The molecule has 2 saturated heterocycles. The number of aromatic amines is 1. The van der Waals surface area contributed by atoms with Crippen LogP contribution in [0.25, 0.3) is 10.9 Å². The van der Waals surface area contributed by atoms with Gasteiger partial charge in [0.2, 0.25) is 65.0 Å². The summed E-state index contributed by atoms with van der Waals surface area (Å²) in [6.07, 6.45) is 2.68. The Bertz CT molecular complexity index is 3250. The van der Waals surface area contributed by atoms with Crippen LogP contribution in [0.5, 0.6) is 11.5 Å². The van der Waals surface area contributed by atoms with Crippen molar-refractivity contribution in [3.63, 3.8) is 0 Å². The Hall–Kier alpha value is -9.81. The monoisotopic (exact) mass is 1180 g/mol. The van der Waals surface area contributed by atoms with Crippen LogP contribution in [0.3, 0.4) is 0 Å². The maximum Gasteiger partial charge on any atom is 0.246 e. The SMILES string of the molecule is CCCCC[C@@H]1NC(=O)[C@H](Cc2ccc(O)cc2)NC(=O)[C@H](Cc2ccccc2)N(C)C(=O)CNC(=O)CNC(=O)[C@H]2CCCN2C(=O)[C@H](CC(N)=O)NC(=O)[C@H](Cc2ccc(O)cc2)NC(=O)CNC(=O)[C@H](Cc2c[nH]c3ccccc23)NC1=O. The molecule has 25 heteroatoms. The van der Waals surface area contributed by atoms with Crippen LogP contribution in [0.15, 0.2) is 109 Å². The zero-order valence-corrected chi connectivity index (χ0v) is 47.9. The first kappa shape index (κ1) is 63.8. The molecule has 7 atom stereocenters. The summed E-state index contributed by atoms with van der Waals surface area (Å²) in [5.74, 6) is -9.43. The molecule has 3 heterocycles. The summed E-state index contributed by atoms with van der Waals surface area (Å²) in [7, 11) is 1.35. The smallest absolute Gasteiger partial charge is 0.246 e. The van der Waals surface area contributed by atoms with Crippen LogP contribution in [0.1, 0.15) is 74.1 Å². The maximum atomic E-state index is 14.8. The van der Waals surface area contributed by atoms with E-state index in [1.807, 2.05) is 25.1 Å². The van der Waals surface area contributed by atoms with Gasteiger partial charge in [0.05, 0.1) is 26.1 Å². The Kier molecular flexibility index (Phi) is 22.7. The number of aromatic nitrogens is 1. The van der Waals surface area contributed by atoms with Crippen molar-refractivity contribution < 1.29 is 63.0 Å². The Balaban J connectivity index is 1.24. The average molecular weight is 1180 g/mol. The van der Waals surface area contributed by atoms with Gasteiger partial charge in [-0.15, -0.1) is 0 Å². The summed E-state index contributed by atoms with van der Waals surface area (Å²) in [4.78, 5) is 160. The first-order valence-electron chi connectivity index (χ1n) is 28.6. The number of hydrogen-bond donors (Lipinski definition) is 12. The standard InChI is InChI=1S/C61H74N12O13/c1-3-4-6-16-44-56(81)69-47(30-39-32-63-43-15-10-9-14-42(39)43)55(80)65-34-53(78)67-45(27-37-18-22-40(74)23-19-37)57(82)71-48(31-51(62)76)61(86)73-26-11-17-49(73)59(84)66-33-52(77)64-35-54(79)72(2)50(29-36-12-7-5-8-13-36)60(85)70-46(58(83)68-44)28-38-20-24-41(75)25-21-38/h5,7-10,12-15,18-25,32,44-50,63,74-75H,3-4,6,11,16-17,26-31,33-35H2,1-2H3,(H2,62,76)(H,64,77)(H,65,80)(H,66,84)(H,67,78)(H,68,83)(H,69,81)(H,70,85)(H,71,82)/t44-,45-,46-,47-,48-,49+,50-/m0/s1. The molecule has 4 aromatic carbocycles. The van der Waals surface area contributed by atoms with Gasteiger partial charge < -0.3 is 73.3 Å². The Labute approximate surface area is 496 Å². The summed E-state index contributed by atoms with van der Waals surface area (Å²) in [5.41, 5.74) is 8.48. The van der Waals surface area contributed by atoms with Crippen LogP contribution in [0, 0.1) is 0 Å². The zero-order chi connectivity index (χ0) is 61.9. The fraction of sp³-hybridized carbons (Fsp3) is 0.393. The second kappa shape index (κ2) is 30.7. The number of phenolic OH excluding ortho intramolecular Hbond substituents is 2. The predicted octanol–water partition coefficient (Wildman–Crippen LogP) is -0.0904. The first-order valence-corrected chi connectivity index (χ1v) is 28.6. The molecule has 0 unspecified atom stereocenters. The fourth-order valence-corrected chi connectivity index (χ4v) is 10.3. The molecule has 11 amide bonds. The number of H-pyrrole nitrogens is 1. The van der Waals surface area contributed by atoms with E-state index in [-0.39, 0.29) is 56.6 Å². The minimum absolute atomic E-state index is 0.00365. The number of para-hydroxylation sites is 1. The number of rotatable bonds is 14. The topological polar surface area (TPSA) is 373 Å². The number of likely N-dealkylation sites (N-methyl/N-ethyl adjacent to an activating group) is 1. The number of unbranched alkanes of at least 4 members (excludes halogenated alkanes) is 2. The van der Waals surface area contributed by atoms with E-state index >= 15 is 0 Å². The minimum Gasteiger partial charge on any atom is -0.508 e. The largest absolute Gasteiger partial charge is 0.508 e. The number of hydrogen-bond acceptors (Lipinski definition) is 13. The highest BCUT2D eigenvalue weighted by Gasteiger charge is 2.40. The van der Waals surface area contributed by atoms with Crippen molar-refractivity contribution in [1.29, 1.82) is 0 Å². The quantitative estimate of drug-likeness (QED) is 0.0648. The van der Waals surface area contributed by atoms with Crippen LogP contribution in [0.2, 0.25) is 0 Å². The van der Waals surface area contributed by atoms with Crippen LogP contribution in [-0.4, -0.2) is 165 Å². The third-order valence-corrected chi connectivity index (χ3v) is 15.1. The lowest BCUT2D eigenvalue weighted by atomic mass is 10.00. The van der Waals surface area contributed by atoms with Gasteiger partial charge in [-0.2, -0.15) is 0 Å². The van der Waals surface area contributed by atoms with Crippen LogP contribution in [-0.2, 0) is 78.4 Å². The Morgan fingerprint density at radius 3 is 1.76 bits per heavy atom. The molecule has 0 radical (unpaired) electrons. The van der Waals surface area contributed by atoms with E-state index in [1.165, 1.54) is 43.4 Å². The van der Waals surface area contributed by atoms with E-state index < -0.39 is 133 Å². The second-order valence-electron chi connectivity index (χ2n) is 21.4. The number of amides is 11. The molecule has 7 rings (SSSR count). The number of carbonyl (C=O) groups is 11. The van der Waals surface area contributed by atoms with Crippen molar-refractivity contribution in [1.82, 2.24) is 57.3 Å². The van der Waals surface area contributed by atoms with Gasteiger partial charge in [0.1, 0.15) is 53.8 Å². The van der Waals surface area contributed by atoms with Gasteiger partial charge in [0.25, 0.3) is 0 Å². The second-order valence-corrected chi connectivity index (χ2v) is 21.4. The lowest BCUT2D eigenvalue weighted by Crippen LogP contribution is -2.60. The van der Waals surface area contributed by atoms with Gasteiger partial charge >= 0.3 is 0 Å². The van der Waals surface area contributed by atoms with Crippen LogP contribution >= 0.6 is 0 Å². The van der Waals surface area contributed by atoms with Gasteiger partial charge in [-0.1, -0.05) is 99.0 Å². The van der Waals surface area contributed by atoms with Crippen molar-refractivity contribution in [3.05, 3.63) is 132 Å². The molecular formula is C61H74N12O13. The molecule has 2 aliphatic heterocycles. The third kappa shape index (κ3) is 18.1. The van der Waals surface area contributed by atoms with Crippen molar-refractivity contribution in [3.8, 4) is 11.5 Å². The fourth-order valence-electron chi connectivity index (χ4n) is 10.3. The van der Waals surface area contributed by atoms with Gasteiger partial charge in [-0.3, -0.25) is 52.7 Å². The molecule has 0 spiro atoms. The molecule has 13 N–H and O–H groups in total. The Morgan fingerprint density at radius 2 is 1.10 bits per heavy atom. The van der Waals surface area contributed by atoms with E-state index in [4.69, 9.17) is 5.73 Å². The van der Waals surface area contributed by atoms with Crippen molar-refractivity contribution in [2.75, 3.05) is 33.2 Å². The average Bonchev–Trinajstić information content (AvgIpc) is 4.37. The number of nitrogens with two attached hydrogens (primary N) is 1. The molecule has 0 aliphatic carbocycles. The molecule has 5 aromatic rings. The summed E-state index contributed by atoms with van der Waals surface area (Å²) >= 11 is 0. The molecule has 25 nitrogen and oxygen atoms in total. The maximum absolute atomic E-state index is 14.8. The number of nitrogens with one attached hydrogen (secondary N) is 9.